The zero-order valence-corrected chi connectivity index (χ0v) is 20.6. The molecule has 1 saturated heterocycles. The van der Waals surface area contributed by atoms with Gasteiger partial charge in [-0.25, -0.2) is 18.4 Å². The Kier molecular flexibility index (Phi) is 7.90. The second kappa shape index (κ2) is 11.1. The number of nitrogens with one attached hydrogen (secondary N) is 1. The number of thiazole rings is 1. The molecule has 1 aromatic carbocycles. The molecule has 3 aromatic rings. The molecular weight excluding hydrogens is 494 g/mol. The van der Waals surface area contributed by atoms with Crippen molar-refractivity contribution in [2.45, 2.75) is 23.8 Å². The van der Waals surface area contributed by atoms with E-state index in [9.17, 15) is 13.2 Å². The van der Waals surface area contributed by atoms with E-state index >= 15 is 0 Å². The molecule has 0 spiro atoms. The van der Waals surface area contributed by atoms with Gasteiger partial charge < -0.3 is 20.0 Å². The second-order valence-electron chi connectivity index (χ2n) is 7.75. The highest BCUT2D eigenvalue weighted by Crippen LogP contribution is 2.25. The highest BCUT2D eigenvalue weighted by molar-refractivity contribution is 7.91. The van der Waals surface area contributed by atoms with Crippen LogP contribution >= 0.6 is 11.3 Å². The average Bonchev–Trinajstić information content (AvgIpc) is 3.49. The van der Waals surface area contributed by atoms with Crippen LogP contribution in [0.25, 0.3) is 10.3 Å². The number of ether oxygens (including phenoxy) is 2. The monoisotopic (exact) mass is 519 g/mol. The third-order valence-electron chi connectivity index (χ3n) is 5.14. The Bertz CT molecular complexity index is 1320. The summed E-state index contributed by atoms with van der Waals surface area (Å²) in [5.41, 5.74) is 6.69. The van der Waals surface area contributed by atoms with E-state index in [4.69, 9.17) is 20.0 Å². The van der Waals surface area contributed by atoms with Gasteiger partial charge in [-0.2, -0.15) is 0 Å². The number of nitrogens with zero attached hydrogens (tertiary/aromatic N) is 3. The Hall–Kier alpha value is -3.13. The maximum Gasteiger partial charge on any atom is 0.280 e. The first-order chi connectivity index (χ1) is 16.9. The summed E-state index contributed by atoms with van der Waals surface area (Å²) < 4.78 is 35.3. The lowest BCUT2D eigenvalue weighted by atomic mass is 10.1. The van der Waals surface area contributed by atoms with Gasteiger partial charge in [-0.3, -0.25) is 10.1 Å². The molecule has 0 unspecified atom stereocenters. The molecule has 1 aliphatic rings. The van der Waals surface area contributed by atoms with Crippen LogP contribution in [-0.4, -0.2) is 68.8 Å². The number of nitrogens with two attached hydrogens (primary N) is 1. The number of hydrogen-bond acceptors (Lipinski definition) is 11. The number of amides is 1. The largest absolute Gasteiger partial charge is 0.389 e. The first-order valence-electron chi connectivity index (χ1n) is 10.8. The summed E-state index contributed by atoms with van der Waals surface area (Å²) in [7, 11) is -1.96. The lowest BCUT2D eigenvalue weighted by Gasteiger charge is -2.10. The van der Waals surface area contributed by atoms with Crippen LogP contribution in [0.2, 0.25) is 0 Å². The Morgan fingerprint density at radius 3 is 2.77 bits per heavy atom. The third-order valence-corrected chi connectivity index (χ3v) is 7.84. The summed E-state index contributed by atoms with van der Waals surface area (Å²) in [6.45, 7) is 1.28. The van der Waals surface area contributed by atoms with Crippen molar-refractivity contribution in [3.8, 4) is 0 Å². The molecule has 4 rings (SSSR count). The van der Waals surface area contributed by atoms with E-state index in [1.807, 2.05) is 0 Å². The van der Waals surface area contributed by atoms with Crippen LogP contribution in [0.5, 0.6) is 0 Å². The second-order valence-corrected chi connectivity index (χ2v) is 10.8. The molecule has 0 bridgehead atoms. The number of benzene rings is 1. The van der Waals surface area contributed by atoms with Gasteiger partial charge in [0.2, 0.25) is 0 Å². The number of hydrogen-bond donors (Lipinski definition) is 2. The van der Waals surface area contributed by atoms with Gasteiger partial charge >= 0.3 is 0 Å². The minimum absolute atomic E-state index is 0.0213. The van der Waals surface area contributed by atoms with Crippen LogP contribution in [-0.2, 0) is 28.9 Å². The number of carbonyl (C=O) groups is 1. The van der Waals surface area contributed by atoms with Crippen LogP contribution in [0.15, 0.2) is 46.4 Å². The van der Waals surface area contributed by atoms with Crippen molar-refractivity contribution in [3.05, 3.63) is 42.0 Å². The summed E-state index contributed by atoms with van der Waals surface area (Å²) in [5, 5.41) is 7.13. The molecule has 35 heavy (non-hydrogen) atoms. The lowest BCUT2D eigenvalue weighted by Crippen LogP contribution is -2.25. The van der Waals surface area contributed by atoms with Crippen LogP contribution in [0.3, 0.4) is 0 Å². The number of pyridine rings is 1. The molecule has 11 nitrogen and oxygen atoms in total. The van der Waals surface area contributed by atoms with E-state index in [1.165, 1.54) is 42.7 Å². The molecule has 0 saturated carbocycles. The Labute approximate surface area is 206 Å². The van der Waals surface area contributed by atoms with E-state index in [1.54, 1.807) is 12.1 Å². The molecule has 1 aliphatic heterocycles. The maximum absolute atomic E-state index is 13.2. The lowest BCUT2D eigenvalue weighted by molar-refractivity contribution is -0.110. The van der Waals surface area contributed by atoms with E-state index in [-0.39, 0.29) is 22.5 Å². The standard InChI is InChI=1S/C22H25N5O6S2/c1-31-10-2-12-35(29,30)16-5-3-14(4-6-16)19(27-33-15-9-11-32-13-15)20(28)26-22-24-17-7-8-18(23)25-21(17)34-22/h3-8,15H,2,9-13H2,1H3,(H2,23,25)(H,24,26,28)/b27-19+/t15-/m1/s1. The zero-order chi connectivity index (χ0) is 24.8. The van der Waals surface area contributed by atoms with Crippen molar-refractivity contribution in [2.75, 3.05) is 43.7 Å². The maximum atomic E-state index is 13.2. The quantitative estimate of drug-likeness (QED) is 0.233. The van der Waals surface area contributed by atoms with Gasteiger partial charge in [-0.1, -0.05) is 28.6 Å². The van der Waals surface area contributed by atoms with Crippen molar-refractivity contribution >= 4 is 54.1 Å². The minimum atomic E-state index is -3.48. The van der Waals surface area contributed by atoms with E-state index in [0.29, 0.717) is 59.5 Å². The van der Waals surface area contributed by atoms with Gasteiger partial charge in [-0.05, 0) is 30.7 Å². The smallest absolute Gasteiger partial charge is 0.280 e. The molecule has 3 heterocycles. The Morgan fingerprint density at radius 1 is 1.26 bits per heavy atom. The van der Waals surface area contributed by atoms with Gasteiger partial charge in [0.25, 0.3) is 5.91 Å². The molecule has 1 atom stereocenters. The molecule has 186 valence electrons. The van der Waals surface area contributed by atoms with Crippen molar-refractivity contribution in [3.63, 3.8) is 0 Å². The predicted molar refractivity (Wildman–Crippen MR) is 132 cm³/mol. The van der Waals surface area contributed by atoms with Gasteiger partial charge in [0.05, 0.1) is 23.9 Å². The number of sulfone groups is 1. The highest BCUT2D eigenvalue weighted by Gasteiger charge is 2.22. The summed E-state index contributed by atoms with van der Waals surface area (Å²) in [5.74, 6) is -0.250. The minimum Gasteiger partial charge on any atom is -0.389 e. The number of aromatic nitrogens is 2. The number of carbonyl (C=O) groups excluding carboxylic acids is 1. The van der Waals surface area contributed by atoms with Crippen molar-refractivity contribution in [1.82, 2.24) is 9.97 Å². The third kappa shape index (κ3) is 6.31. The first-order valence-corrected chi connectivity index (χ1v) is 13.3. The normalized spacial score (nSPS) is 16.5. The number of anilines is 2. The number of rotatable bonds is 10. The summed E-state index contributed by atoms with van der Waals surface area (Å²) in [4.78, 5) is 28.0. The van der Waals surface area contributed by atoms with Gasteiger partial charge in [-0.15, -0.1) is 0 Å². The average molecular weight is 520 g/mol. The number of fused-ring (bicyclic) bond motifs is 1. The fraction of sp³-hybridized carbons (Fsp3) is 0.364. The number of nitrogen functional groups attached to an aromatic ring is 1. The van der Waals surface area contributed by atoms with Crippen molar-refractivity contribution < 1.29 is 27.5 Å². The number of methoxy groups -OCH3 is 1. The zero-order valence-electron chi connectivity index (χ0n) is 19.0. The molecular formula is C22H25N5O6S2. The molecule has 3 N–H and O–H groups in total. The van der Waals surface area contributed by atoms with Gasteiger partial charge in [0, 0.05) is 25.7 Å². The van der Waals surface area contributed by atoms with Crippen LogP contribution in [0, 0.1) is 0 Å². The number of oxime groups is 1. The van der Waals surface area contributed by atoms with Crippen LogP contribution < -0.4 is 11.1 Å². The molecule has 1 fully saturated rings. The van der Waals surface area contributed by atoms with Crippen molar-refractivity contribution in [1.29, 1.82) is 0 Å². The van der Waals surface area contributed by atoms with Crippen LogP contribution in [0.1, 0.15) is 18.4 Å². The first kappa shape index (κ1) is 25.0. The fourth-order valence-corrected chi connectivity index (χ4v) is 5.45. The van der Waals surface area contributed by atoms with Crippen LogP contribution in [0.4, 0.5) is 10.9 Å². The summed E-state index contributed by atoms with van der Waals surface area (Å²) in [6.07, 6.45) is 0.769. The Morgan fingerprint density at radius 2 is 2.06 bits per heavy atom. The highest BCUT2D eigenvalue weighted by atomic mass is 32.2. The SMILES string of the molecule is COCCCS(=O)(=O)c1ccc(/C(=N\O[C@@H]2CCOC2)C(=O)Nc2nc3ccc(N)nc3s2)cc1. The fourth-order valence-electron chi connectivity index (χ4n) is 3.32. The molecule has 0 aliphatic carbocycles. The van der Waals surface area contributed by atoms with Crippen molar-refractivity contribution in [2.24, 2.45) is 5.16 Å². The van der Waals surface area contributed by atoms with E-state index < -0.39 is 15.7 Å². The van der Waals surface area contributed by atoms with E-state index in [0.717, 1.165) is 0 Å². The molecule has 2 aromatic heterocycles. The molecule has 1 amide bonds. The summed E-state index contributed by atoms with van der Waals surface area (Å²) in [6, 6.07) is 9.29. The molecule has 0 radical (unpaired) electrons. The summed E-state index contributed by atoms with van der Waals surface area (Å²) >= 11 is 1.17. The van der Waals surface area contributed by atoms with Gasteiger partial charge in [0.15, 0.2) is 26.8 Å². The topological polar surface area (TPSA) is 155 Å². The molecule has 13 heteroatoms. The van der Waals surface area contributed by atoms with Gasteiger partial charge in [0.1, 0.15) is 16.2 Å². The Balaban J connectivity index is 1.57. The predicted octanol–water partition coefficient (Wildman–Crippen LogP) is 2.23. The van der Waals surface area contributed by atoms with E-state index in [2.05, 4.69) is 20.4 Å².